The minimum Gasteiger partial charge on any atom is -0.319 e. The lowest BCUT2D eigenvalue weighted by Gasteiger charge is -2.41. The highest BCUT2D eigenvalue weighted by molar-refractivity contribution is 4.87. The second-order valence-corrected chi connectivity index (χ2v) is 5.51. The molecule has 0 aromatic carbocycles. The zero-order valence-electron chi connectivity index (χ0n) is 11.4. The fraction of sp³-hybridized carbons (Fsp3) is 1.00. The highest BCUT2D eigenvalue weighted by Crippen LogP contribution is 2.37. The van der Waals surface area contributed by atoms with Gasteiger partial charge in [-0.05, 0) is 31.8 Å². The Labute approximate surface area is 108 Å². The summed E-state index contributed by atoms with van der Waals surface area (Å²) in [5.74, 6) is 0. The number of halogens is 3. The van der Waals surface area contributed by atoms with Gasteiger partial charge < -0.3 is 5.32 Å². The minimum absolute atomic E-state index is 0.0360. The molecule has 5 heteroatoms. The zero-order chi connectivity index (χ0) is 13.6. The van der Waals surface area contributed by atoms with E-state index in [1.165, 1.54) is 6.42 Å². The maximum Gasteiger partial charge on any atom is 0.401 e. The van der Waals surface area contributed by atoms with E-state index in [1.807, 2.05) is 14.0 Å². The van der Waals surface area contributed by atoms with Crippen LogP contribution < -0.4 is 5.32 Å². The van der Waals surface area contributed by atoms with Gasteiger partial charge in [0, 0.05) is 13.1 Å². The molecule has 0 aliphatic heterocycles. The van der Waals surface area contributed by atoms with Crippen LogP contribution in [0.1, 0.15) is 39.0 Å². The number of rotatable bonds is 6. The SMILES string of the molecule is CCN(CC(F)(F)F)CC1(CNC)CCCCC1. The van der Waals surface area contributed by atoms with E-state index in [4.69, 9.17) is 0 Å². The van der Waals surface area contributed by atoms with Crippen LogP contribution in [-0.2, 0) is 0 Å². The molecule has 1 rings (SSSR count). The largest absolute Gasteiger partial charge is 0.401 e. The number of alkyl halides is 3. The molecule has 18 heavy (non-hydrogen) atoms. The summed E-state index contributed by atoms with van der Waals surface area (Å²) < 4.78 is 37.5. The molecule has 1 N–H and O–H groups in total. The van der Waals surface area contributed by atoms with Crippen LogP contribution in [0.5, 0.6) is 0 Å². The van der Waals surface area contributed by atoms with Gasteiger partial charge in [0.15, 0.2) is 0 Å². The van der Waals surface area contributed by atoms with Crippen LogP contribution in [0.25, 0.3) is 0 Å². The van der Waals surface area contributed by atoms with Crippen molar-refractivity contribution in [2.24, 2.45) is 5.41 Å². The molecule has 108 valence electrons. The standard InChI is InChI=1S/C13H25F3N2/c1-3-18(11-13(14,15)16)10-12(9-17-2)7-5-4-6-8-12/h17H,3-11H2,1-2H3. The smallest absolute Gasteiger partial charge is 0.319 e. The van der Waals surface area contributed by atoms with Gasteiger partial charge in [0.25, 0.3) is 0 Å². The topological polar surface area (TPSA) is 15.3 Å². The summed E-state index contributed by atoms with van der Waals surface area (Å²) in [6, 6.07) is 0. The molecule has 0 atom stereocenters. The van der Waals surface area contributed by atoms with Crippen molar-refractivity contribution < 1.29 is 13.2 Å². The van der Waals surface area contributed by atoms with E-state index in [-0.39, 0.29) is 5.41 Å². The molecule has 0 spiro atoms. The Morgan fingerprint density at radius 1 is 1.17 bits per heavy atom. The first-order chi connectivity index (χ1) is 8.41. The van der Waals surface area contributed by atoms with Crippen LogP contribution in [0.15, 0.2) is 0 Å². The van der Waals surface area contributed by atoms with Gasteiger partial charge in [-0.2, -0.15) is 13.2 Å². The summed E-state index contributed by atoms with van der Waals surface area (Å²) in [6.07, 6.45) is 1.50. The second kappa shape index (κ2) is 6.75. The number of hydrogen-bond acceptors (Lipinski definition) is 2. The van der Waals surface area contributed by atoms with Gasteiger partial charge in [0.1, 0.15) is 0 Å². The van der Waals surface area contributed by atoms with Crippen LogP contribution in [0, 0.1) is 5.41 Å². The van der Waals surface area contributed by atoms with Gasteiger partial charge in [-0.3, -0.25) is 4.90 Å². The third-order valence-electron chi connectivity index (χ3n) is 3.88. The first-order valence-electron chi connectivity index (χ1n) is 6.84. The van der Waals surface area contributed by atoms with Crippen molar-refractivity contribution in [2.45, 2.75) is 45.2 Å². The summed E-state index contributed by atoms with van der Waals surface area (Å²) in [5.41, 5.74) is 0.0360. The van der Waals surface area contributed by atoms with Crippen molar-refractivity contribution in [3.8, 4) is 0 Å². The molecule has 1 fully saturated rings. The van der Waals surface area contributed by atoms with Crippen LogP contribution in [0.4, 0.5) is 13.2 Å². The highest BCUT2D eigenvalue weighted by atomic mass is 19.4. The van der Waals surface area contributed by atoms with E-state index in [9.17, 15) is 13.2 Å². The fourth-order valence-electron chi connectivity index (χ4n) is 3.07. The maximum atomic E-state index is 12.5. The molecule has 1 aliphatic carbocycles. The van der Waals surface area contributed by atoms with Crippen molar-refractivity contribution in [3.05, 3.63) is 0 Å². The first kappa shape index (κ1) is 15.8. The van der Waals surface area contributed by atoms with Crippen molar-refractivity contribution in [2.75, 3.05) is 33.2 Å². The molecule has 0 unspecified atom stereocenters. The van der Waals surface area contributed by atoms with E-state index in [2.05, 4.69) is 5.32 Å². The second-order valence-electron chi connectivity index (χ2n) is 5.51. The molecular weight excluding hydrogens is 241 g/mol. The molecule has 0 radical (unpaired) electrons. The molecule has 0 saturated heterocycles. The van der Waals surface area contributed by atoms with E-state index in [0.29, 0.717) is 13.1 Å². The van der Waals surface area contributed by atoms with Gasteiger partial charge in [0.05, 0.1) is 6.54 Å². The lowest BCUT2D eigenvalue weighted by atomic mass is 9.73. The minimum atomic E-state index is -4.09. The summed E-state index contributed by atoms with van der Waals surface area (Å²) in [5, 5.41) is 3.16. The van der Waals surface area contributed by atoms with E-state index in [0.717, 1.165) is 32.2 Å². The Morgan fingerprint density at radius 3 is 2.22 bits per heavy atom. The van der Waals surface area contributed by atoms with E-state index < -0.39 is 12.7 Å². The Kier molecular flexibility index (Phi) is 5.92. The molecule has 2 nitrogen and oxygen atoms in total. The van der Waals surface area contributed by atoms with Crippen LogP contribution in [0.2, 0.25) is 0 Å². The molecule has 1 saturated carbocycles. The predicted octanol–water partition coefficient (Wildman–Crippen LogP) is 3.04. The summed E-state index contributed by atoms with van der Waals surface area (Å²) >= 11 is 0. The van der Waals surface area contributed by atoms with E-state index in [1.54, 1.807) is 4.90 Å². The van der Waals surface area contributed by atoms with Gasteiger partial charge in [-0.1, -0.05) is 26.2 Å². The van der Waals surface area contributed by atoms with Crippen molar-refractivity contribution >= 4 is 0 Å². The Balaban J connectivity index is 2.62. The molecule has 0 aromatic rings. The number of nitrogens with one attached hydrogen (secondary N) is 1. The zero-order valence-corrected chi connectivity index (χ0v) is 11.4. The third kappa shape index (κ3) is 5.14. The molecular formula is C13H25F3N2. The first-order valence-corrected chi connectivity index (χ1v) is 6.84. The van der Waals surface area contributed by atoms with Gasteiger partial charge in [0.2, 0.25) is 0 Å². The molecule has 0 bridgehead atoms. The van der Waals surface area contributed by atoms with Crippen LogP contribution in [0.3, 0.4) is 0 Å². The van der Waals surface area contributed by atoms with Crippen molar-refractivity contribution in [3.63, 3.8) is 0 Å². The third-order valence-corrected chi connectivity index (χ3v) is 3.88. The average molecular weight is 266 g/mol. The maximum absolute atomic E-state index is 12.5. The normalized spacial score (nSPS) is 20.3. The quantitative estimate of drug-likeness (QED) is 0.795. The van der Waals surface area contributed by atoms with Crippen LogP contribution >= 0.6 is 0 Å². The molecule has 0 heterocycles. The van der Waals surface area contributed by atoms with Gasteiger partial charge in [-0.15, -0.1) is 0 Å². The lowest BCUT2D eigenvalue weighted by molar-refractivity contribution is -0.149. The summed E-state index contributed by atoms with van der Waals surface area (Å²) in [7, 11) is 1.89. The summed E-state index contributed by atoms with van der Waals surface area (Å²) in [4.78, 5) is 1.54. The average Bonchev–Trinajstić information content (AvgIpc) is 2.28. The summed E-state index contributed by atoms with van der Waals surface area (Å²) in [6.45, 7) is 2.87. The molecule has 1 aliphatic rings. The monoisotopic (exact) mass is 266 g/mol. The predicted molar refractivity (Wildman–Crippen MR) is 67.6 cm³/mol. The Morgan fingerprint density at radius 2 is 1.78 bits per heavy atom. The van der Waals surface area contributed by atoms with Crippen molar-refractivity contribution in [1.82, 2.24) is 10.2 Å². The van der Waals surface area contributed by atoms with E-state index >= 15 is 0 Å². The number of hydrogen-bond donors (Lipinski definition) is 1. The molecule has 0 amide bonds. The molecule has 0 aromatic heterocycles. The van der Waals surface area contributed by atoms with Gasteiger partial charge in [-0.25, -0.2) is 0 Å². The Hall–Kier alpha value is -0.290. The van der Waals surface area contributed by atoms with Crippen molar-refractivity contribution in [1.29, 1.82) is 0 Å². The van der Waals surface area contributed by atoms with Crippen LogP contribution in [-0.4, -0.2) is 44.3 Å². The lowest BCUT2D eigenvalue weighted by Crippen LogP contribution is -2.47. The highest BCUT2D eigenvalue weighted by Gasteiger charge is 2.37. The number of nitrogens with zero attached hydrogens (tertiary/aromatic N) is 1. The Bertz CT molecular complexity index is 229. The fourth-order valence-corrected chi connectivity index (χ4v) is 3.07. The van der Waals surface area contributed by atoms with Gasteiger partial charge >= 0.3 is 6.18 Å².